The minimum atomic E-state index is -0.294. The van der Waals surface area contributed by atoms with Crippen LogP contribution in [0.3, 0.4) is 0 Å². The van der Waals surface area contributed by atoms with Crippen molar-refractivity contribution < 1.29 is 4.79 Å². The number of carbonyl (C=O) groups is 1. The normalized spacial score (nSPS) is 16.4. The highest BCUT2D eigenvalue weighted by atomic mass is 32.1. The fourth-order valence-corrected chi connectivity index (χ4v) is 5.32. The highest BCUT2D eigenvalue weighted by Crippen LogP contribution is 2.42. The second kappa shape index (κ2) is 6.63. The number of rotatable bonds is 3. The van der Waals surface area contributed by atoms with E-state index in [1.165, 1.54) is 23.3 Å². The Morgan fingerprint density at radius 3 is 3.11 bits per heavy atom. The molecule has 0 saturated heterocycles. The van der Waals surface area contributed by atoms with Crippen LogP contribution < -0.4 is 5.32 Å². The van der Waals surface area contributed by atoms with Gasteiger partial charge in [0.05, 0.1) is 5.39 Å². The molecule has 1 aliphatic rings. The number of pyridine rings is 1. The van der Waals surface area contributed by atoms with Crippen LogP contribution in [-0.4, -0.2) is 30.5 Å². The van der Waals surface area contributed by atoms with Crippen molar-refractivity contribution >= 4 is 33.1 Å². The molecule has 0 aromatic carbocycles. The van der Waals surface area contributed by atoms with E-state index in [-0.39, 0.29) is 11.7 Å². The van der Waals surface area contributed by atoms with Crippen LogP contribution in [0, 0.1) is 6.92 Å². The molecule has 8 heteroatoms. The van der Waals surface area contributed by atoms with E-state index in [2.05, 4.69) is 27.3 Å². The molecular weight excluding hydrogens is 372 g/mol. The summed E-state index contributed by atoms with van der Waals surface area (Å²) < 4.78 is 1.70. The zero-order valence-corrected chi connectivity index (χ0v) is 16.6. The molecule has 4 aromatic rings. The molecule has 0 radical (unpaired) electrons. The van der Waals surface area contributed by atoms with E-state index in [1.54, 1.807) is 28.2 Å². The molecule has 4 aromatic heterocycles. The van der Waals surface area contributed by atoms with Crippen molar-refractivity contribution in [2.75, 3.05) is 0 Å². The maximum absolute atomic E-state index is 12.6. The average molecular weight is 392 g/mol. The first-order chi connectivity index (χ1) is 13.6. The Labute approximate surface area is 165 Å². The van der Waals surface area contributed by atoms with Crippen LogP contribution in [0.2, 0.25) is 0 Å². The second-order valence-electron chi connectivity index (χ2n) is 7.29. The highest BCUT2D eigenvalue weighted by Gasteiger charge is 2.26. The third-order valence-corrected chi connectivity index (χ3v) is 6.48. The molecule has 0 saturated carbocycles. The van der Waals surface area contributed by atoms with E-state index in [1.807, 2.05) is 19.1 Å². The van der Waals surface area contributed by atoms with Crippen LogP contribution in [0.1, 0.15) is 58.1 Å². The minimum Gasteiger partial charge on any atom is -0.345 e. The fraction of sp³-hybridized carbons (Fsp3) is 0.350. The number of hydrogen-bond acceptors (Lipinski definition) is 6. The van der Waals surface area contributed by atoms with Crippen molar-refractivity contribution in [1.82, 2.24) is 29.9 Å². The zero-order chi connectivity index (χ0) is 19.3. The zero-order valence-electron chi connectivity index (χ0n) is 15.8. The number of fused-ring (bicyclic) bond motifs is 5. The van der Waals surface area contributed by atoms with Crippen LogP contribution in [0.15, 0.2) is 24.5 Å². The van der Waals surface area contributed by atoms with Crippen molar-refractivity contribution in [1.29, 1.82) is 0 Å². The summed E-state index contributed by atoms with van der Waals surface area (Å²) in [5.41, 5.74) is 3.01. The van der Waals surface area contributed by atoms with Crippen LogP contribution >= 0.6 is 11.3 Å². The topological polar surface area (TPSA) is 85.1 Å². The largest absolute Gasteiger partial charge is 0.345 e. The number of amides is 1. The summed E-state index contributed by atoms with van der Waals surface area (Å²) >= 11 is 1.76. The smallest absolute Gasteiger partial charge is 0.291 e. The van der Waals surface area contributed by atoms with Crippen molar-refractivity contribution in [2.45, 2.75) is 45.6 Å². The number of thiophene rings is 1. The van der Waals surface area contributed by atoms with Gasteiger partial charge in [0, 0.05) is 23.8 Å². The van der Waals surface area contributed by atoms with E-state index < -0.39 is 0 Å². The predicted octanol–water partition coefficient (Wildman–Crippen LogP) is 3.41. The number of hydrogen-bond donors (Lipinski definition) is 1. The minimum absolute atomic E-state index is 0.171. The highest BCUT2D eigenvalue weighted by molar-refractivity contribution is 7.19. The molecule has 5 rings (SSSR count). The Hall–Kier alpha value is -2.87. The van der Waals surface area contributed by atoms with E-state index in [0.29, 0.717) is 12.5 Å². The van der Waals surface area contributed by atoms with Crippen LogP contribution in [-0.2, 0) is 13.0 Å². The van der Waals surface area contributed by atoms with Gasteiger partial charge in [-0.15, -0.1) is 16.4 Å². The molecule has 1 atom stereocenters. The van der Waals surface area contributed by atoms with Gasteiger partial charge in [0.25, 0.3) is 5.91 Å². The first-order valence-corrected chi connectivity index (χ1v) is 10.3. The maximum atomic E-state index is 12.6. The number of carbonyl (C=O) groups excluding carboxylic acids is 1. The van der Waals surface area contributed by atoms with Crippen LogP contribution in [0.4, 0.5) is 0 Å². The van der Waals surface area contributed by atoms with Crippen molar-refractivity contribution in [3.8, 4) is 0 Å². The molecule has 1 unspecified atom stereocenters. The van der Waals surface area contributed by atoms with E-state index in [9.17, 15) is 4.79 Å². The summed E-state index contributed by atoms with van der Waals surface area (Å²) in [6.07, 6.45) is 6.92. The van der Waals surface area contributed by atoms with Crippen LogP contribution in [0.25, 0.3) is 15.9 Å². The van der Waals surface area contributed by atoms with E-state index in [4.69, 9.17) is 4.98 Å². The van der Waals surface area contributed by atoms with E-state index in [0.717, 1.165) is 33.7 Å². The molecule has 4 heterocycles. The molecular formula is C20H20N6OS. The Morgan fingerprint density at radius 2 is 2.29 bits per heavy atom. The monoisotopic (exact) mass is 392 g/mol. The lowest BCUT2D eigenvalue weighted by Crippen LogP contribution is -2.24. The molecule has 142 valence electrons. The lowest BCUT2D eigenvalue weighted by molar-refractivity contribution is 0.0940. The summed E-state index contributed by atoms with van der Waals surface area (Å²) in [6.45, 7) is 4.55. The van der Waals surface area contributed by atoms with Gasteiger partial charge in [0.15, 0.2) is 5.65 Å². The summed E-state index contributed by atoms with van der Waals surface area (Å²) in [5, 5.41) is 8.39. The summed E-state index contributed by atoms with van der Waals surface area (Å²) in [6, 6.07) is 3.76. The van der Waals surface area contributed by atoms with Gasteiger partial charge in [-0.25, -0.2) is 9.97 Å². The van der Waals surface area contributed by atoms with Crippen molar-refractivity contribution in [3.63, 3.8) is 0 Å². The van der Waals surface area contributed by atoms with Gasteiger partial charge in [-0.05, 0) is 49.3 Å². The van der Waals surface area contributed by atoms with E-state index >= 15 is 0 Å². The first-order valence-electron chi connectivity index (χ1n) is 9.47. The van der Waals surface area contributed by atoms with Gasteiger partial charge in [0.2, 0.25) is 5.82 Å². The third kappa shape index (κ3) is 2.75. The number of nitrogens with zero attached hydrogens (tertiary/aromatic N) is 5. The second-order valence-corrected chi connectivity index (χ2v) is 8.37. The number of aryl methyl sites for hydroxylation is 2. The lowest BCUT2D eigenvalue weighted by Gasteiger charge is -2.18. The van der Waals surface area contributed by atoms with Crippen molar-refractivity contribution in [3.05, 3.63) is 52.2 Å². The van der Waals surface area contributed by atoms with Gasteiger partial charge in [0.1, 0.15) is 10.7 Å². The lowest BCUT2D eigenvalue weighted by atomic mass is 9.87. The SMILES string of the molecule is Cc1nc2sc3c(c2c2nc(C(=O)NCc4cccnc4)nn12)C(C)CCC3. The Bertz CT molecular complexity index is 1200. The third-order valence-electron chi connectivity index (χ3n) is 5.32. The molecule has 1 N–H and O–H groups in total. The van der Waals surface area contributed by atoms with Gasteiger partial charge < -0.3 is 5.32 Å². The summed E-state index contributed by atoms with van der Waals surface area (Å²) in [5.74, 6) is 1.10. The molecule has 0 aliphatic heterocycles. The number of aromatic nitrogens is 5. The first kappa shape index (κ1) is 17.2. The molecule has 7 nitrogen and oxygen atoms in total. The standard InChI is InChI=1S/C20H20N6OS/c1-11-5-3-7-14-15(11)16-18-24-17(25-26(18)12(2)23-20(16)28-14)19(27)22-10-13-6-4-8-21-9-13/h4,6,8-9,11H,3,5,7,10H2,1-2H3,(H,22,27). The quantitative estimate of drug-likeness (QED) is 0.577. The van der Waals surface area contributed by atoms with Crippen LogP contribution in [0.5, 0.6) is 0 Å². The number of nitrogens with one attached hydrogen (secondary N) is 1. The Morgan fingerprint density at radius 1 is 1.39 bits per heavy atom. The van der Waals surface area contributed by atoms with Gasteiger partial charge in [-0.2, -0.15) is 4.52 Å². The van der Waals surface area contributed by atoms with Gasteiger partial charge in [-0.1, -0.05) is 13.0 Å². The predicted molar refractivity (Wildman–Crippen MR) is 108 cm³/mol. The van der Waals surface area contributed by atoms with Gasteiger partial charge >= 0.3 is 0 Å². The molecule has 1 amide bonds. The Balaban J connectivity index is 1.56. The fourth-order valence-electron chi connectivity index (χ4n) is 3.95. The molecule has 0 spiro atoms. The summed E-state index contributed by atoms with van der Waals surface area (Å²) in [7, 11) is 0. The molecule has 1 aliphatic carbocycles. The van der Waals surface area contributed by atoms with Crippen molar-refractivity contribution in [2.24, 2.45) is 0 Å². The Kier molecular flexibility index (Phi) is 4.08. The maximum Gasteiger partial charge on any atom is 0.291 e. The molecule has 0 bridgehead atoms. The summed E-state index contributed by atoms with van der Waals surface area (Å²) in [4.78, 5) is 28.5. The van der Waals surface area contributed by atoms with Gasteiger partial charge in [-0.3, -0.25) is 9.78 Å². The molecule has 28 heavy (non-hydrogen) atoms. The molecule has 0 fully saturated rings. The average Bonchev–Trinajstić information content (AvgIpc) is 3.29.